The van der Waals surface area contributed by atoms with Gasteiger partial charge in [0.15, 0.2) is 0 Å². The van der Waals surface area contributed by atoms with E-state index in [1.165, 1.54) is 0 Å². The van der Waals surface area contributed by atoms with Gasteiger partial charge in [-0.1, -0.05) is 18.2 Å². The van der Waals surface area contributed by atoms with Crippen LogP contribution in [0.2, 0.25) is 0 Å². The number of hydrogen-bond acceptors (Lipinski definition) is 3. The molecule has 0 saturated heterocycles. The predicted octanol–water partition coefficient (Wildman–Crippen LogP) is 3.45. The van der Waals surface area contributed by atoms with Gasteiger partial charge in [0.05, 0.1) is 12.2 Å². The number of aliphatic hydroxyl groups excluding tert-OH is 1. The Bertz CT molecular complexity index is 566. The number of rotatable bonds is 5. The predicted molar refractivity (Wildman–Crippen MR) is 79.8 cm³/mol. The number of aromatic nitrogens is 1. The molecule has 2 rings (SSSR count). The monoisotopic (exact) mass is 271 g/mol. The van der Waals surface area contributed by atoms with Gasteiger partial charge in [0, 0.05) is 18.3 Å². The molecule has 20 heavy (non-hydrogen) atoms. The van der Waals surface area contributed by atoms with E-state index >= 15 is 0 Å². The molecule has 1 aromatic carbocycles. The number of pyridine rings is 1. The number of aryl methyl sites for hydroxylation is 1. The van der Waals surface area contributed by atoms with E-state index in [4.69, 9.17) is 4.74 Å². The zero-order valence-corrected chi connectivity index (χ0v) is 12.2. The summed E-state index contributed by atoms with van der Waals surface area (Å²) in [6, 6.07) is 11.5. The minimum absolute atomic E-state index is 0.125. The van der Waals surface area contributed by atoms with Crippen LogP contribution < -0.4 is 4.74 Å². The third-order valence-electron chi connectivity index (χ3n) is 3.12. The summed E-state index contributed by atoms with van der Waals surface area (Å²) in [6.07, 6.45) is 1.82. The molecule has 2 aromatic rings. The Balaban J connectivity index is 2.13. The standard InChI is InChI=1S/C17H21NO2/c1-12(2)20-15-8-4-7-14(10-15)17(19)11-16-13(3)6-5-9-18-16/h4-10,12,17,19H,11H2,1-3H3. The molecule has 3 heteroatoms. The van der Waals surface area contributed by atoms with E-state index in [0.29, 0.717) is 6.42 Å². The van der Waals surface area contributed by atoms with Crippen LogP contribution in [0, 0.1) is 6.92 Å². The normalized spacial score (nSPS) is 12.4. The first-order chi connectivity index (χ1) is 9.56. The summed E-state index contributed by atoms with van der Waals surface area (Å²) >= 11 is 0. The van der Waals surface area contributed by atoms with E-state index in [1.807, 2.05) is 57.2 Å². The fourth-order valence-corrected chi connectivity index (χ4v) is 2.10. The average molecular weight is 271 g/mol. The van der Waals surface area contributed by atoms with Crippen molar-refractivity contribution in [3.63, 3.8) is 0 Å². The molecule has 0 radical (unpaired) electrons. The molecule has 1 unspecified atom stereocenters. The van der Waals surface area contributed by atoms with Crippen molar-refractivity contribution in [2.45, 2.75) is 39.4 Å². The van der Waals surface area contributed by atoms with Crippen LogP contribution in [0.25, 0.3) is 0 Å². The maximum Gasteiger partial charge on any atom is 0.120 e. The summed E-state index contributed by atoms with van der Waals surface area (Å²) in [7, 11) is 0. The lowest BCUT2D eigenvalue weighted by Crippen LogP contribution is -2.08. The molecule has 1 N–H and O–H groups in total. The number of ether oxygens (including phenoxy) is 1. The van der Waals surface area contributed by atoms with Gasteiger partial charge in [-0.25, -0.2) is 0 Å². The molecule has 1 heterocycles. The van der Waals surface area contributed by atoms with Crippen molar-refractivity contribution in [1.82, 2.24) is 4.98 Å². The molecule has 0 amide bonds. The van der Waals surface area contributed by atoms with Crippen LogP contribution >= 0.6 is 0 Å². The Morgan fingerprint density at radius 2 is 2.00 bits per heavy atom. The van der Waals surface area contributed by atoms with Crippen LogP contribution in [-0.2, 0) is 6.42 Å². The third-order valence-corrected chi connectivity index (χ3v) is 3.12. The molecule has 0 bridgehead atoms. The Labute approximate surface area is 120 Å². The molecule has 0 saturated carbocycles. The third kappa shape index (κ3) is 3.81. The fourth-order valence-electron chi connectivity index (χ4n) is 2.10. The van der Waals surface area contributed by atoms with E-state index in [9.17, 15) is 5.11 Å². The van der Waals surface area contributed by atoms with Crippen LogP contribution in [0.15, 0.2) is 42.6 Å². The van der Waals surface area contributed by atoms with Crippen molar-refractivity contribution in [1.29, 1.82) is 0 Å². The number of benzene rings is 1. The van der Waals surface area contributed by atoms with Gasteiger partial charge in [-0.05, 0) is 50.1 Å². The molecular weight excluding hydrogens is 250 g/mol. The molecule has 0 aliphatic heterocycles. The average Bonchev–Trinajstić information content (AvgIpc) is 2.41. The first-order valence-corrected chi connectivity index (χ1v) is 6.91. The van der Waals surface area contributed by atoms with Crippen LogP contribution in [-0.4, -0.2) is 16.2 Å². The van der Waals surface area contributed by atoms with Gasteiger partial charge < -0.3 is 9.84 Å². The molecule has 0 spiro atoms. The number of nitrogens with zero attached hydrogens (tertiary/aromatic N) is 1. The van der Waals surface area contributed by atoms with E-state index in [1.54, 1.807) is 6.20 Å². The number of aliphatic hydroxyl groups is 1. The lowest BCUT2D eigenvalue weighted by molar-refractivity contribution is 0.175. The molecule has 0 fully saturated rings. The van der Waals surface area contributed by atoms with E-state index < -0.39 is 6.10 Å². The SMILES string of the molecule is Cc1cccnc1CC(O)c1cccc(OC(C)C)c1. The summed E-state index contributed by atoms with van der Waals surface area (Å²) in [4.78, 5) is 4.32. The molecule has 3 nitrogen and oxygen atoms in total. The van der Waals surface area contributed by atoms with Crippen LogP contribution in [0.5, 0.6) is 5.75 Å². The fraction of sp³-hybridized carbons (Fsp3) is 0.353. The van der Waals surface area contributed by atoms with Crippen molar-refractivity contribution in [3.05, 3.63) is 59.4 Å². The van der Waals surface area contributed by atoms with Crippen molar-refractivity contribution >= 4 is 0 Å². The smallest absolute Gasteiger partial charge is 0.120 e. The van der Waals surface area contributed by atoms with Gasteiger partial charge in [0.2, 0.25) is 0 Å². The van der Waals surface area contributed by atoms with Crippen molar-refractivity contribution in [2.24, 2.45) is 0 Å². The highest BCUT2D eigenvalue weighted by Crippen LogP contribution is 2.23. The highest BCUT2D eigenvalue weighted by atomic mass is 16.5. The maximum absolute atomic E-state index is 10.4. The zero-order valence-electron chi connectivity index (χ0n) is 12.2. The van der Waals surface area contributed by atoms with E-state index in [2.05, 4.69) is 4.98 Å². The molecule has 1 atom stereocenters. The summed E-state index contributed by atoms with van der Waals surface area (Å²) < 4.78 is 5.65. The summed E-state index contributed by atoms with van der Waals surface area (Å²) in [6.45, 7) is 5.98. The molecule has 0 aliphatic rings. The molecular formula is C17H21NO2. The largest absolute Gasteiger partial charge is 0.491 e. The zero-order chi connectivity index (χ0) is 14.5. The Morgan fingerprint density at radius 3 is 2.70 bits per heavy atom. The van der Waals surface area contributed by atoms with E-state index in [-0.39, 0.29) is 6.10 Å². The van der Waals surface area contributed by atoms with Gasteiger partial charge >= 0.3 is 0 Å². The highest BCUT2D eigenvalue weighted by Gasteiger charge is 2.12. The topological polar surface area (TPSA) is 42.4 Å². The molecule has 1 aromatic heterocycles. The second kappa shape index (κ2) is 6.53. The van der Waals surface area contributed by atoms with Crippen molar-refractivity contribution < 1.29 is 9.84 Å². The second-order valence-corrected chi connectivity index (χ2v) is 5.23. The van der Waals surface area contributed by atoms with Gasteiger partial charge in [-0.15, -0.1) is 0 Å². The minimum atomic E-state index is -0.570. The summed E-state index contributed by atoms with van der Waals surface area (Å²) in [5.41, 5.74) is 2.88. The Kier molecular flexibility index (Phi) is 4.74. The van der Waals surface area contributed by atoms with Gasteiger partial charge in [0.1, 0.15) is 5.75 Å². The minimum Gasteiger partial charge on any atom is -0.491 e. The van der Waals surface area contributed by atoms with Crippen LogP contribution in [0.1, 0.15) is 36.8 Å². The molecule has 0 aliphatic carbocycles. The lowest BCUT2D eigenvalue weighted by atomic mass is 10.0. The Morgan fingerprint density at radius 1 is 1.20 bits per heavy atom. The van der Waals surface area contributed by atoms with Gasteiger partial charge in [-0.3, -0.25) is 4.98 Å². The maximum atomic E-state index is 10.4. The first kappa shape index (κ1) is 14.5. The molecule has 106 valence electrons. The second-order valence-electron chi connectivity index (χ2n) is 5.23. The lowest BCUT2D eigenvalue weighted by Gasteiger charge is -2.15. The van der Waals surface area contributed by atoms with Crippen LogP contribution in [0.3, 0.4) is 0 Å². The van der Waals surface area contributed by atoms with E-state index in [0.717, 1.165) is 22.6 Å². The van der Waals surface area contributed by atoms with Crippen molar-refractivity contribution in [3.8, 4) is 5.75 Å². The Hall–Kier alpha value is -1.87. The first-order valence-electron chi connectivity index (χ1n) is 6.91. The summed E-state index contributed by atoms with van der Waals surface area (Å²) in [5.74, 6) is 0.786. The quantitative estimate of drug-likeness (QED) is 0.905. The van der Waals surface area contributed by atoms with Crippen molar-refractivity contribution in [2.75, 3.05) is 0 Å². The van der Waals surface area contributed by atoms with Crippen LogP contribution in [0.4, 0.5) is 0 Å². The number of hydrogen-bond donors (Lipinski definition) is 1. The summed E-state index contributed by atoms with van der Waals surface area (Å²) in [5, 5.41) is 10.4. The van der Waals surface area contributed by atoms with Gasteiger partial charge in [-0.2, -0.15) is 0 Å². The highest BCUT2D eigenvalue weighted by molar-refractivity contribution is 5.31. The van der Waals surface area contributed by atoms with Gasteiger partial charge in [0.25, 0.3) is 0 Å².